The highest BCUT2D eigenvalue weighted by Gasteiger charge is 2.20. The number of nitrogens with zero attached hydrogens (tertiary/aromatic N) is 2. The second kappa shape index (κ2) is 10.3. The molecule has 0 spiro atoms. The molecule has 0 aliphatic rings. The minimum Gasteiger partial charge on any atom is -0.495 e. The fourth-order valence-corrected chi connectivity index (χ4v) is 3.87. The molecule has 0 fully saturated rings. The molecule has 0 aliphatic heterocycles. The summed E-state index contributed by atoms with van der Waals surface area (Å²) in [5.74, 6) is -0.619. The Morgan fingerprint density at radius 3 is 2.56 bits per heavy atom. The maximum atomic E-state index is 14.2. The van der Waals surface area contributed by atoms with Crippen molar-refractivity contribution in [1.29, 1.82) is 0 Å². The molecule has 166 valence electrons. The molecular weight excluding hydrogens is 457 g/mol. The Balaban J connectivity index is 1.78. The number of amides is 2. The lowest BCUT2D eigenvalue weighted by atomic mass is 10.2. The molecule has 1 heterocycles. The van der Waals surface area contributed by atoms with Crippen molar-refractivity contribution in [2.45, 2.75) is 6.92 Å². The fraction of sp³-hybridized carbons (Fsp3) is 0.136. The number of carbonyl (C=O) groups is 2. The molecule has 3 aromatic rings. The number of hydrogen-bond donors (Lipinski definition) is 1. The van der Waals surface area contributed by atoms with Crippen molar-refractivity contribution >= 4 is 57.3 Å². The largest absolute Gasteiger partial charge is 0.495 e. The third kappa shape index (κ3) is 5.24. The number of thiazole rings is 1. The summed E-state index contributed by atoms with van der Waals surface area (Å²) < 4.78 is 24.6. The lowest BCUT2D eigenvalue weighted by molar-refractivity contribution is -0.116. The molecule has 0 bridgehead atoms. The predicted molar refractivity (Wildman–Crippen MR) is 124 cm³/mol. The second-order valence-electron chi connectivity index (χ2n) is 6.37. The van der Waals surface area contributed by atoms with Crippen molar-refractivity contribution in [1.82, 2.24) is 4.98 Å². The molecule has 0 saturated carbocycles. The highest BCUT2D eigenvalue weighted by molar-refractivity contribution is 7.14. The number of halogens is 2. The molecule has 0 atom stereocenters. The number of benzene rings is 2. The molecule has 0 aliphatic carbocycles. The number of anilines is 3. The highest BCUT2D eigenvalue weighted by Crippen LogP contribution is 2.36. The second-order valence-corrected chi connectivity index (χ2v) is 7.61. The normalized spacial score (nSPS) is 10.8. The number of nitrogens with one attached hydrogen (secondary N) is 1. The Hall–Kier alpha value is -3.43. The van der Waals surface area contributed by atoms with Crippen molar-refractivity contribution in [2.75, 3.05) is 24.4 Å². The Morgan fingerprint density at radius 2 is 1.91 bits per heavy atom. The van der Waals surface area contributed by atoms with Gasteiger partial charge in [0.1, 0.15) is 17.3 Å². The summed E-state index contributed by atoms with van der Waals surface area (Å²) >= 11 is 7.22. The number of carbonyl (C=O) groups excluding carboxylic acids is 2. The number of hydrogen-bond acceptors (Lipinski definition) is 6. The molecule has 32 heavy (non-hydrogen) atoms. The van der Waals surface area contributed by atoms with Crippen molar-refractivity contribution in [3.8, 4) is 11.5 Å². The Kier molecular flexibility index (Phi) is 7.45. The van der Waals surface area contributed by atoms with Gasteiger partial charge < -0.3 is 14.8 Å². The summed E-state index contributed by atoms with van der Waals surface area (Å²) in [7, 11) is 2.92. The van der Waals surface area contributed by atoms with Crippen LogP contribution in [0.3, 0.4) is 0 Å². The smallest absolute Gasteiger partial charge is 0.248 e. The van der Waals surface area contributed by atoms with Crippen LogP contribution in [0.2, 0.25) is 5.02 Å². The van der Waals surface area contributed by atoms with Gasteiger partial charge in [-0.2, -0.15) is 0 Å². The molecule has 1 aromatic heterocycles. The van der Waals surface area contributed by atoms with Crippen LogP contribution in [0.1, 0.15) is 12.6 Å². The van der Waals surface area contributed by atoms with Gasteiger partial charge >= 0.3 is 0 Å². The van der Waals surface area contributed by atoms with Crippen molar-refractivity contribution in [3.63, 3.8) is 0 Å². The zero-order valence-electron chi connectivity index (χ0n) is 17.4. The van der Waals surface area contributed by atoms with E-state index in [4.69, 9.17) is 21.1 Å². The van der Waals surface area contributed by atoms with E-state index in [0.29, 0.717) is 27.9 Å². The monoisotopic (exact) mass is 475 g/mol. The molecule has 10 heteroatoms. The minimum absolute atomic E-state index is 0.103. The Morgan fingerprint density at radius 1 is 1.19 bits per heavy atom. The zero-order chi connectivity index (χ0) is 23.3. The zero-order valence-corrected chi connectivity index (χ0v) is 19.0. The van der Waals surface area contributed by atoms with Gasteiger partial charge in [-0.05, 0) is 18.2 Å². The van der Waals surface area contributed by atoms with E-state index >= 15 is 0 Å². The first-order valence-corrected chi connectivity index (χ1v) is 10.5. The number of ether oxygens (including phenoxy) is 2. The average Bonchev–Trinajstić information content (AvgIpc) is 3.23. The van der Waals surface area contributed by atoms with Crippen molar-refractivity contribution in [3.05, 3.63) is 64.4 Å². The summed E-state index contributed by atoms with van der Waals surface area (Å²) in [5, 5.41) is 4.97. The minimum atomic E-state index is -0.540. The average molecular weight is 476 g/mol. The molecule has 2 aromatic carbocycles. The highest BCUT2D eigenvalue weighted by atomic mass is 35.5. The van der Waals surface area contributed by atoms with Crippen LogP contribution in [0.4, 0.5) is 20.9 Å². The first kappa shape index (κ1) is 23.2. The van der Waals surface area contributed by atoms with Crippen LogP contribution >= 0.6 is 22.9 Å². The van der Waals surface area contributed by atoms with Gasteiger partial charge in [-0.1, -0.05) is 23.7 Å². The van der Waals surface area contributed by atoms with Crippen LogP contribution in [0.15, 0.2) is 47.9 Å². The molecular formula is C22H19ClFN3O4S. The molecule has 0 unspecified atom stereocenters. The van der Waals surface area contributed by atoms with Gasteiger partial charge in [0, 0.05) is 30.5 Å². The summed E-state index contributed by atoms with van der Waals surface area (Å²) in [6.45, 7) is 1.32. The van der Waals surface area contributed by atoms with Crippen molar-refractivity contribution in [2.24, 2.45) is 0 Å². The summed E-state index contributed by atoms with van der Waals surface area (Å²) in [6.07, 6.45) is 2.76. The summed E-state index contributed by atoms with van der Waals surface area (Å²) in [6, 6.07) is 9.02. The van der Waals surface area contributed by atoms with Crippen LogP contribution < -0.4 is 19.7 Å². The van der Waals surface area contributed by atoms with Crippen molar-refractivity contribution < 1.29 is 23.5 Å². The lowest BCUT2D eigenvalue weighted by Crippen LogP contribution is -2.23. The van der Waals surface area contributed by atoms with Crippen LogP contribution in [-0.2, 0) is 9.59 Å². The number of methoxy groups -OCH3 is 2. The van der Waals surface area contributed by atoms with E-state index in [1.807, 2.05) is 0 Å². The molecule has 3 rings (SSSR count). The van der Waals surface area contributed by atoms with E-state index in [1.54, 1.807) is 17.5 Å². The van der Waals surface area contributed by atoms with Gasteiger partial charge in [0.25, 0.3) is 0 Å². The van der Waals surface area contributed by atoms with Gasteiger partial charge in [0.15, 0.2) is 5.13 Å². The van der Waals surface area contributed by atoms with Crippen LogP contribution in [-0.4, -0.2) is 31.0 Å². The van der Waals surface area contributed by atoms with Crippen LogP contribution in [0, 0.1) is 5.82 Å². The Labute approximate surface area is 193 Å². The maximum Gasteiger partial charge on any atom is 0.248 e. The first-order chi connectivity index (χ1) is 15.3. The van der Waals surface area contributed by atoms with Gasteiger partial charge in [0.05, 0.1) is 36.3 Å². The van der Waals surface area contributed by atoms with E-state index in [0.717, 1.165) is 11.3 Å². The van der Waals surface area contributed by atoms with Crippen LogP contribution in [0.5, 0.6) is 11.5 Å². The third-order valence-corrected chi connectivity index (χ3v) is 5.39. The number of rotatable bonds is 7. The summed E-state index contributed by atoms with van der Waals surface area (Å²) in [5.41, 5.74) is 0.916. The van der Waals surface area contributed by atoms with Gasteiger partial charge in [0.2, 0.25) is 11.8 Å². The molecule has 1 N–H and O–H groups in total. The van der Waals surface area contributed by atoms with Crippen LogP contribution in [0.25, 0.3) is 6.08 Å². The van der Waals surface area contributed by atoms with E-state index in [1.165, 1.54) is 62.5 Å². The Bertz CT molecular complexity index is 1180. The SMILES string of the molecule is COc1cc(NC(=O)/C=C/c2csc(N(C(C)=O)c3ccccc3F)n2)c(OC)cc1Cl. The predicted octanol–water partition coefficient (Wildman–Crippen LogP) is 5.29. The quantitative estimate of drug-likeness (QED) is 0.469. The molecule has 0 saturated heterocycles. The van der Waals surface area contributed by atoms with E-state index < -0.39 is 11.7 Å². The topological polar surface area (TPSA) is 80.8 Å². The summed E-state index contributed by atoms with van der Waals surface area (Å²) in [4.78, 5) is 30.0. The van der Waals surface area contributed by atoms with E-state index in [-0.39, 0.29) is 16.7 Å². The third-order valence-electron chi connectivity index (χ3n) is 4.25. The number of para-hydroxylation sites is 1. The number of aromatic nitrogens is 1. The molecule has 0 radical (unpaired) electrons. The maximum absolute atomic E-state index is 14.2. The first-order valence-electron chi connectivity index (χ1n) is 9.25. The standard InChI is InChI=1S/C22H19ClFN3O4S/c1-13(28)27(18-7-5-4-6-16(18)24)22-25-14(12-32-22)8-9-21(29)26-17-11-19(30-2)15(23)10-20(17)31-3/h4-12H,1-3H3,(H,26,29)/b9-8+. The van der Waals surface area contributed by atoms with E-state index in [9.17, 15) is 14.0 Å². The fourth-order valence-electron chi connectivity index (χ4n) is 2.79. The van der Waals surface area contributed by atoms with Gasteiger partial charge in [-0.3, -0.25) is 14.5 Å². The molecule has 2 amide bonds. The lowest BCUT2D eigenvalue weighted by Gasteiger charge is -2.18. The van der Waals surface area contributed by atoms with Gasteiger partial charge in [-0.15, -0.1) is 11.3 Å². The molecule has 7 nitrogen and oxygen atoms in total. The van der Waals surface area contributed by atoms with Gasteiger partial charge in [-0.25, -0.2) is 9.37 Å². The van der Waals surface area contributed by atoms with E-state index in [2.05, 4.69) is 10.3 Å².